The number of phenolic OH excluding ortho intramolecular Hbond substituents is 1. The summed E-state index contributed by atoms with van der Waals surface area (Å²) in [5.41, 5.74) is 1.84. The van der Waals surface area contributed by atoms with Crippen LogP contribution >= 0.6 is 11.6 Å². The summed E-state index contributed by atoms with van der Waals surface area (Å²) in [5, 5.41) is 14.5. The van der Waals surface area contributed by atoms with E-state index in [1.165, 1.54) is 0 Å². The molecule has 0 radical (unpaired) electrons. The second-order valence-corrected chi connectivity index (χ2v) is 6.53. The lowest BCUT2D eigenvalue weighted by atomic mass is 9.93. The van der Waals surface area contributed by atoms with Crippen LogP contribution in [-0.2, 0) is 0 Å². The summed E-state index contributed by atoms with van der Waals surface area (Å²) in [6.07, 6.45) is 1.04. The molecule has 0 saturated carbocycles. The Hall–Kier alpha value is -0.770. The smallest absolute Gasteiger partial charge is 0.123 e. The van der Waals surface area contributed by atoms with Crippen molar-refractivity contribution in [2.75, 3.05) is 26.2 Å². The van der Waals surface area contributed by atoms with E-state index in [-0.39, 0.29) is 6.04 Å². The number of phenols is 1. The van der Waals surface area contributed by atoms with Crippen LogP contribution in [0.25, 0.3) is 0 Å². The predicted molar refractivity (Wildman–Crippen MR) is 84.5 cm³/mol. The molecule has 112 valence electrons. The molecule has 1 aliphatic rings. The predicted octanol–water partition coefficient (Wildman–Crippen LogP) is 3.35. The molecule has 1 saturated heterocycles. The first-order valence-corrected chi connectivity index (χ1v) is 7.80. The number of benzene rings is 1. The van der Waals surface area contributed by atoms with Crippen molar-refractivity contribution < 1.29 is 5.11 Å². The minimum Gasteiger partial charge on any atom is -0.507 e. The number of piperazine rings is 1. The minimum absolute atomic E-state index is 0.245. The Kier molecular flexibility index (Phi) is 5.30. The molecular weight excluding hydrogens is 272 g/mol. The van der Waals surface area contributed by atoms with Gasteiger partial charge in [0, 0.05) is 42.8 Å². The molecule has 2 N–H and O–H groups in total. The lowest BCUT2D eigenvalue weighted by molar-refractivity contribution is 0.151. The zero-order chi connectivity index (χ0) is 14.7. The first-order valence-electron chi connectivity index (χ1n) is 7.42. The van der Waals surface area contributed by atoms with Crippen molar-refractivity contribution >= 4 is 11.6 Å². The minimum atomic E-state index is 0.245. The largest absolute Gasteiger partial charge is 0.507 e. The van der Waals surface area contributed by atoms with E-state index < -0.39 is 0 Å². The standard InChI is InChI=1S/C16H25ClN2O/c1-11(2)8-15(19-6-4-18-5-7-19)14-10-13(17)9-12(3)16(14)20/h9-11,15,18,20H,4-8H2,1-3H3/t15-/m0/s1. The Morgan fingerprint density at radius 2 is 1.95 bits per heavy atom. The van der Waals surface area contributed by atoms with Crippen LogP contribution in [0.5, 0.6) is 5.75 Å². The topological polar surface area (TPSA) is 35.5 Å². The van der Waals surface area contributed by atoms with Gasteiger partial charge >= 0.3 is 0 Å². The molecule has 4 heteroatoms. The molecule has 1 aromatic carbocycles. The van der Waals surface area contributed by atoms with Crippen LogP contribution in [-0.4, -0.2) is 36.2 Å². The second kappa shape index (κ2) is 6.79. The number of hydrogen-bond acceptors (Lipinski definition) is 3. The van der Waals surface area contributed by atoms with E-state index in [2.05, 4.69) is 24.1 Å². The molecule has 0 aliphatic carbocycles. The third-order valence-corrected chi connectivity index (χ3v) is 4.16. The van der Waals surface area contributed by atoms with Gasteiger partial charge in [-0.1, -0.05) is 25.4 Å². The summed E-state index contributed by atoms with van der Waals surface area (Å²) in [6, 6.07) is 4.00. The van der Waals surface area contributed by atoms with Crippen molar-refractivity contribution in [3.8, 4) is 5.75 Å². The van der Waals surface area contributed by atoms with Crippen LogP contribution in [0.4, 0.5) is 0 Å². The Labute approximate surface area is 126 Å². The van der Waals surface area contributed by atoms with Crippen molar-refractivity contribution in [3.05, 3.63) is 28.3 Å². The van der Waals surface area contributed by atoms with Gasteiger partial charge in [-0.25, -0.2) is 0 Å². The maximum Gasteiger partial charge on any atom is 0.123 e. The average Bonchev–Trinajstić information content (AvgIpc) is 2.41. The highest BCUT2D eigenvalue weighted by Gasteiger charge is 2.26. The summed E-state index contributed by atoms with van der Waals surface area (Å²) >= 11 is 6.20. The van der Waals surface area contributed by atoms with E-state index in [0.29, 0.717) is 16.7 Å². The number of halogens is 1. The Morgan fingerprint density at radius 3 is 2.55 bits per heavy atom. The molecule has 20 heavy (non-hydrogen) atoms. The molecule has 1 heterocycles. The lowest BCUT2D eigenvalue weighted by Crippen LogP contribution is -2.45. The van der Waals surface area contributed by atoms with Gasteiger partial charge in [0.1, 0.15) is 5.75 Å². The van der Waals surface area contributed by atoms with Gasteiger partial charge < -0.3 is 10.4 Å². The first-order chi connectivity index (χ1) is 9.49. The van der Waals surface area contributed by atoms with Crippen molar-refractivity contribution in [1.82, 2.24) is 10.2 Å². The monoisotopic (exact) mass is 296 g/mol. The number of nitrogens with zero attached hydrogens (tertiary/aromatic N) is 1. The normalized spacial score (nSPS) is 18.4. The van der Waals surface area contributed by atoms with Crippen LogP contribution in [0.15, 0.2) is 12.1 Å². The Bertz CT molecular complexity index is 456. The third-order valence-electron chi connectivity index (χ3n) is 3.94. The SMILES string of the molecule is Cc1cc(Cl)cc([C@H](CC(C)C)N2CCNCC2)c1O. The first kappa shape index (κ1) is 15.6. The Balaban J connectivity index is 2.34. The van der Waals surface area contributed by atoms with Gasteiger partial charge in [0.25, 0.3) is 0 Å². The molecule has 0 spiro atoms. The number of aromatic hydroxyl groups is 1. The third kappa shape index (κ3) is 3.66. The lowest BCUT2D eigenvalue weighted by Gasteiger charge is -2.36. The molecule has 1 atom stereocenters. The van der Waals surface area contributed by atoms with Gasteiger partial charge in [-0.3, -0.25) is 4.90 Å². The van der Waals surface area contributed by atoms with Gasteiger partial charge in [0.15, 0.2) is 0 Å². The van der Waals surface area contributed by atoms with E-state index in [1.54, 1.807) is 0 Å². The summed E-state index contributed by atoms with van der Waals surface area (Å²) < 4.78 is 0. The van der Waals surface area contributed by atoms with Gasteiger partial charge in [-0.15, -0.1) is 0 Å². The fourth-order valence-corrected chi connectivity index (χ4v) is 3.21. The van der Waals surface area contributed by atoms with Crippen LogP contribution in [0.2, 0.25) is 5.02 Å². The number of hydrogen-bond donors (Lipinski definition) is 2. The highest BCUT2D eigenvalue weighted by atomic mass is 35.5. The maximum absolute atomic E-state index is 10.4. The second-order valence-electron chi connectivity index (χ2n) is 6.09. The summed E-state index contributed by atoms with van der Waals surface area (Å²) in [6.45, 7) is 10.4. The molecule has 1 aromatic rings. The molecular formula is C16H25ClN2O. The molecule has 0 aromatic heterocycles. The van der Waals surface area contributed by atoms with Crippen molar-refractivity contribution in [3.63, 3.8) is 0 Å². The quantitative estimate of drug-likeness (QED) is 0.894. The van der Waals surface area contributed by atoms with Gasteiger partial charge in [-0.2, -0.15) is 0 Å². The zero-order valence-corrected chi connectivity index (χ0v) is 13.4. The molecule has 2 rings (SSSR count). The van der Waals surface area contributed by atoms with Crippen LogP contribution in [0.1, 0.15) is 37.4 Å². The number of nitrogens with one attached hydrogen (secondary N) is 1. The molecule has 0 bridgehead atoms. The van der Waals surface area contributed by atoms with E-state index in [9.17, 15) is 5.11 Å². The average molecular weight is 297 g/mol. The van der Waals surface area contributed by atoms with E-state index in [0.717, 1.165) is 43.7 Å². The van der Waals surface area contributed by atoms with Gasteiger partial charge in [0.2, 0.25) is 0 Å². The summed E-state index contributed by atoms with van der Waals surface area (Å²) in [7, 11) is 0. The van der Waals surface area contributed by atoms with Crippen LogP contribution in [0.3, 0.4) is 0 Å². The molecule has 0 unspecified atom stereocenters. The van der Waals surface area contributed by atoms with E-state index in [4.69, 9.17) is 11.6 Å². The van der Waals surface area contributed by atoms with E-state index in [1.807, 2.05) is 19.1 Å². The summed E-state index contributed by atoms with van der Waals surface area (Å²) in [4.78, 5) is 2.46. The highest BCUT2D eigenvalue weighted by Crippen LogP contribution is 2.37. The van der Waals surface area contributed by atoms with Crippen molar-refractivity contribution in [2.24, 2.45) is 5.92 Å². The number of rotatable bonds is 4. The molecule has 1 fully saturated rings. The summed E-state index contributed by atoms with van der Waals surface area (Å²) in [5.74, 6) is 0.979. The van der Waals surface area contributed by atoms with Gasteiger partial charge in [0.05, 0.1) is 0 Å². The fraction of sp³-hybridized carbons (Fsp3) is 0.625. The molecule has 1 aliphatic heterocycles. The van der Waals surface area contributed by atoms with E-state index >= 15 is 0 Å². The van der Waals surface area contributed by atoms with Crippen molar-refractivity contribution in [1.29, 1.82) is 0 Å². The molecule has 3 nitrogen and oxygen atoms in total. The number of aryl methyl sites for hydroxylation is 1. The van der Waals surface area contributed by atoms with Crippen LogP contribution in [0, 0.1) is 12.8 Å². The fourth-order valence-electron chi connectivity index (χ4n) is 2.93. The maximum atomic E-state index is 10.4. The van der Waals surface area contributed by atoms with Crippen LogP contribution < -0.4 is 5.32 Å². The Morgan fingerprint density at radius 1 is 1.30 bits per heavy atom. The van der Waals surface area contributed by atoms with Gasteiger partial charge in [-0.05, 0) is 37.0 Å². The van der Waals surface area contributed by atoms with Crippen molar-refractivity contribution in [2.45, 2.75) is 33.2 Å². The zero-order valence-electron chi connectivity index (χ0n) is 12.6. The molecule has 0 amide bonds. The highest BCUT2D eigenvalue weighted by molar-refractivity contribution is 6.30.